The Kier molecular flexibility index (Phi) is 2.62. The predicted octanol–water partition coefficient (Wildman–Crippen LogP) is 0.799. The van der Waals surface area contributed by atoms with Crippen molar-refractivity contribution in [2.75, 3.05) is 5.73 Å². The van der Waals surface area contributed by atoms with Crippen LogP contribution in [0.1, 0.15) is 17.7 Å². The van der Waals surface area contributed by atoms with Crippen LogP contribution in [0.15, 0.2) is 6.07 Å². The van der Waals surface area contributed by atoms with Crippen molar-refractivity contribution < 1.29 is 19.0 Å². The Balaban J connectivity index is 3.25. The molecular weight excluding hydrogens is 182 g/mol. The summed E-state index contributed by atoms with van der Waals surface area (Å²) in [5.74, 6) is -0.777. The first kappa shape index (κ1) is 9.66. The summed E-state index contributed by atoms with van der Waals surface area (Å²) < 4.78 is 24.4. The first-order chi connectivity index (χ1) is 6.06. The number of hydrogen-bond donors (Lipinski definition) is 3. The van der Waals surface area contributed by atoms with Gasteiger partial charge in [0.25, 0.3) is 6.43 Å². The zero-order valence-corrected chi connectivity index (χ0v) is 6.54. The summed E-state index contributed by atoms with van der Waals surface area (Å²) in [6.45, 7) is -0.611. The van der Waals surface area contributed by atoms with Gasteiger partial charge >= 0.3 is 0 Å². The smallest absolute Gasteiger partial charge is 0.280 e. The molecule has 0 spiro atoms. The van der Waals surface area contributed by atoms with Gasteiger partial charge in [-0.05, 0) is 6.07 Å². The number of hydrogen-bond acceptors (Lipinski definition) is 4. The van der Waals surface area contributed by atoms with Crippen LogP contribution in [-0.2, 0) is 6.61 Å². The molecule has 13 heavy (non-hydrogen) atoms. The maximum absolute atomic E-state index is 12.2. The number of anilines is 1. The van der Waals surface area contributed by atoms with Crippen LogP contribution in [0.3, 0.4) is 0 Å². The maximum Gasteiger partial charge on any atom is 0.280 e. The molecule has 0 aromatic carbocycles. The zero-order valence-electron chi connectivity index (χ0n) is 6.54. The summed E-state index contributed by atoms with van der Waals surface area (Å²) in [6, 6.07) is 0.976. The van der Waals surface area contributed by atoms with E-state index >= 15 is 0 Å². The standard InChI is InChI=1S/C7H8F2N2O2/c8-6(9)5-3(2-12)1-4(13)7(10)11-5/h1,6,12-13H,2H2,(H2,10,11). The van der Waals surface area contributed by atoms with Gasteiger partial charge in [-0.25, -0.2) is 13.8 Å². The number of halogens is 2. The fraction of sp³-hybridized carbons (Fsp3) is 0.286. The number of aromatic nitrogens is 1. The lowest BCUT2D eigenvalue weighted by atomic mass is 10.2. The lowest BCUT2D eigenvalue weighted by Crippen LogP contribution is -2.02. The average molecular weight is 190 g/mol. The average Bonchev–Trinajstić information content (AvgIpc) is 2.08. The number of nitrogens with two attached hydrogens (primary N) is 1. The van der Waals surface area contributed by atoms with Crippen LogP contribution < -0.4 is 5.73 Å². The molecule has 0 radical (unpaired) electrons. The van der Waals surface area contributed by atoms with Crippen LogP contribution in [0, 0.1) is 0 Å². The Morgan fingerprint density at radius 2 is 2.15 bits per heavy atom. The summed E-state index contributed by atoms with van der Waals surface area (Å²) in [5.41, 5.74) is 4.38. The van der Waals surface area contributed by atoms with E-state index in [0.29, 0.717) is 0 Å². The Bertz CT molecular complexity index is 318. The molecule has 1 rings (SSSR count). The van der Waals surface area contributed by atoms with Crippen LogP contribution in [0.2, 0.25) is 0 Å². The molecule has 0 amide bonds. The number of pyridine rings is 1. The van der Waals surface area contributed by atoms with E-state index in [1.807, 2.05) is 0 Å². The molecule has 0 aliphatic heterocycles. The van der Waals surface area contributed by atoms with Crippen molar-refractivity contribution in [1.29, 1.82) is 0 Å². The second-order valence-corrected chi connectivity index (χ2v) is 2.40. The Morgan fingerprint density at radius 1 is 1.54 bits per heavy atom. The van der Waals surface area contributed by atoms with Crippen molar-refractivity contribution in [3.63, 3.8) is 0 Å². The van der Waals surface area contributed by atoms with Crippen molar-refractivity contribution in [1.82, 2.24) is 4.98 Å². The lowest BCUT2D eigenvalue weighted by molar-refractivity contribution is 0.141. The first-order valence-corrected chi connectivity index (χ1v) is 3.43. The highest BCUT2D eigenvalue weighted by molar-refractivity contribution is 5.48. The van der Waals surface area contributed by atoms with E-state index in [-0.39, 0.29) is 11.4 Å². The highest BCUT2D eigenvalue weighted by Gasteiger charge is 2.16. The number of aliphatic hydroxyl groups excluding tert-OH is 1. The molecule has 1 aromatic heterocycles. The molecule has 0 atom stereocenters. The summed E-state index contributed by atoms with van der Waals surface area (Å²) in [7, 11) is 0. The summed E-state index contributed by atoms with van der Waals surface area (Å²) in [6.07, 6.45) is -2.81. The van der Waals surface area contributed by atoms with Gasteiger partial charge in [0.1, 0.15) is 5.69 Å². The van der Waals surface area contributed by atoms with Crippen molar-refractivity contribution in [2.45, 2.75) is 13.0 Å². The Morgan fingerprint density at radius 3 is 2.62 bits per heavy atom. The first-order valence-electron chi connectivity index (χ1n) is 3.43. The van der Waals surface area contributed by atoms with Gasteiger partial charge in [-0.1, -0.05) is 0 Å². The van der Waals surface area contributed by atoms with Gasteiger partial charge in [-0.3, -0.25) is 0 Å². The van der Waals surface area contributed by atoms with E-state index in [4.69, 9.17) is 15.9 Å². The molecule has 4 nitrogen and oxygen atoms in total. The molecule has 0 fully saturated rings. The minimum absolute atomic E-state index is 0.123. The summed E-state index contributed by atoms with van der Waals surface area (Å²) in [5, 5.41) is 17.7. The van der Waals surface area contributed by atoms with Crippen LogP contribution in [-0.4, -0.2) is 15.2 Å². The third-order valence-corrected chi connectivity index (χ3v) is 1.52. The Hall–Kier alpha value is -1.43. The predicted molar refractivity (Wildman–Crippen MR) is 41.2 cm³/mol. The van der Waals surface area contributed by atoms with Gasteiger partial charge in [0.05, 0.1) is 6.61 Å². The topological polar surface area (TPSA) is 79.4 Å². The molecule has 1 heterocycles. The SMILES string of the molecule is Nc1nc(C(F)F)c(CO)cc1O. The number of nitrogen functional groups attached to an aromatic ring is 1. The molecular formula is C7H8F2N2O2. The second kappa shape index (κ2) is 3.53. The molecule has 0 bridgehead atoms. The summed E-state index contributed by atoms with van der Waals surface area (Å²) in [4.78, 5) is 3.26. The number of aliphatic hydroxyl groups is 1. The minimum Gasteiger partial charge on any atom is -0.504 e. The van der Waals surface area contributed by atoms with Gasteiger partial charge in [-0.15, -0.1) is 0 Å². The van der Waals surface area contributed by atoms with Gasteiger partial charge in [-0.2, -0.15) is 0 Å². The van der Waals surface area contributed by atoms with E-state index in [1.54, 1.807) is 0 Å². The van der Waals surface area contributed by atoms with E-state index in [2.05, 4.69) is 4.98 Å². The minimum atomic E-state index is -2.81. The van der Waals surface area contributed by atoms with Crippen LogP contribution in [0.4, 0.5) is 14.6 Å². The van der Waals surface area contributed by atoms with Gasteiger partial charge in [0.15, 0.2) is 11.6 Å². The molecule has 4 N–H and O–H groups in total. The van der Waals surface area contributed by atoms with Gasteiger partial charge in [0.2, 0.25) is 0 Å². The summed E-state index contributed by atoms with van der Waals surface area (Å²) >= 11 is 0. The highest BCUT2D eigenvalue weighted by atomic mass is 19.3. The van der Waals surface area contributed by atoms with E-state index in [0.717, 1.165) is 6.07 Å². The molecule has 1 aromatic rings. The molecule has 72 valence electrons. The number of rotatable bonds is 2. The monoisotopic (exact) mass is 190 g/mol. The third kappa shape index (κ3) is 1.83. The van der Waals surface area contributed by atoms with Crippen molar-refractivity contribution in [3.05, 3.63) is 17.3 Å². The van der Waals surface area contributed by atoms with Crippen molar-refractivity contribution in [2.24, 2.45) is 0 Å². The molecule has 0 saturated heterocycles. The van der Waals surface area contributed by atoms with Crippen molar-refractivity contribution in [3.8, 4) is 5.75 Å². The van der Waals surface area contributed by atoms with Crippen LogP contribution >= 0.6 is 0 Å². The van der Waals surface area contributed by atoms with Crippen LogP contribution in [0.25, 0.3) is 0 Å². The van der Waals surface area contributed by atoms with Gasteiger partial charge in [0, 0.05) is 5.56 Å². The van der Waals surface area contributed by atoms with E-state index in [1.165, 1.54) is 0 Å². The zero-order chi connectivity index (χ0) is 10.0. The van der Waals surface area contributed by atoms with Crippen LogP contribution in [0.5, 0.6) is 5.75 Å². The molecule has 0 unspecified atom stereocenters. The number of nitrogens with zero attached hydrogens (tertiary/aromatic N) is 1. The molecule has 6 heteroatoms. The molecule has 0 saturated carbocycles. The fourth-order valence-corrected chi connectivity index (χ4v) is 0.887. The number of alkyl halides is 2. The molecule has 0 aliphatic rings. The van der Waals surface area contributed by atoms with E-state index in [9.17, 15) is 8.78 Å². The second-order valence-electron chi connectivity index (χ2n) is 2.40. The lowest BCUT2D eigenvalue weighted by Gasteiger charge is -2.07. The largest absolute Gasteiger partial charge is 0.504 e. The maximum atomic E-state index is 12.2. The normalized spacial score (nSPS) is 10.8. The third-order valence-electron chi connectivity index (χ3n) is 1.52. The van der Waals surface area contributed by atoms with Crippen molar-refractivity contribution >= 4 is 5.82 Å². The van der Waals surface area contributed by atoms with Gasteiger partial charge < -0.3 is 15.9 Å². The number of aromatic hydroxyl groups is 1. The Labute approximate surface area is 72.6 Å². The quantitative estimate of drug-likeness (QED) is 0.644. The van der Waals surface area contributed by atoms with E-state index < -0.39 is 24.5 Å². The molecule has 0 aliphatic carbocycles. The fourth-order valence-electron chi connectivity index (χ4n) is 0.887. The highest BCUT2D eigenvalue weighted by Crippen LogP contribution is 2.27.